The number of carbonyl (C=O) groups excluding carboxylic acids is 3. The van der Waals surface area contributed by atoms with Crippen molar-refractivity contribution in [1.29, 1.82) is 5.41 Å². The van der Waals surface area contributed by atoms with E-state index in [1.165, 1.54) is 27.7 Å². The second kappa shape index (κ2) is 65.9. The molecule has 0 bridgehead atoms. The van der Waals surface area contributed by atoms with Crippen molar-refractivity contribution >= 4 is 222 Å². The van der Waals surface area contributed by atoms with Crippen LogP contribution in [0.25, 0.3) is 0 Å². The molecule has 0 spiro atoms. The van der Waals surface area contributed by atoms with Crippen LogP contribution in [0.15, 0.2) is 0 Å². The van der Waals surface area contributed by atoms with Gasteiger partial charge in [-0.15, -0.1) is 0 Å². The predicted octanol–water partition coefficient (Wildman–Crippen LogP) is 14.2. The minimum absolute atomic E-state index is 0. The van der Waals surface area contributed by atoms with Crippen molar-refractivity contribution in [2.75, 3.05) is 0 Å². The second-order valence-electron chi connectivity index (χ2n) is 39.0. The van der Waals surface area contributed by atoms with E-state index in [4.69, 9.17) is 96.4 Å². The number of ether oxygens (including phenoxy) is 10. The molecular weight excluding hydrogens is 1940 g/mol. The number of hydrogen-bond donors (Lipinski definition) is 6. The van der Waals surface area contributed by atoms with Crippen LogP contribution >= 0.6 is 98.2 Å². The van der Waals surface area contributed by atoms with Crippen molar-refractivity contribution in [3.05, 3.63) is 0 Å². The van der Waals surface area contributed by atoms with Gasteiger partial charge in [-0.1, -0.05) is 0 Å². The molecule has 132 heavy (non-hydrogen) atoms. The number of thiol groups is 1. The SMILES string of the molecule is CC[C@H](C)C1OC(C)C(OC(C)=O)[C@@H](C)[C@@H]1P[B]B=O.CC[C@H](C)C1OC(C)C(O[Si](C)(C)C(C)(C)C)[C@@H](C)[C@@H]1P[B]B=O.CC[C@H](C)C1OC(O)C(O)[C@@H](C)[C@@H]1P[B]B=O.CC[C@H](C)C1OC(O)C(O[Si](C)(C)C(C)(C)C)[C@@H](O)[C@@H]1P[B]B=O.CC[C@H](C)C1OC(OC(=N)C(Cl)(Cl)Cl)C(OC(C)=O)[C@@H](C)[C@@H]1P[B]B=O.CC[C@H](C)C1OC(S)C(OC(C)=O)[C@@H](C)[C@@H]1P[B]B=O.[Ar]. The summed E-state index contributed by atoms with van der Waals surface area (Å²) in [6.45, 7) is 75.5. The number of nitrogens with one attached hydrogen (secondary N) is 1. The third kappa shape index (κ3) is 42.4. The molecule has 0 aromatic heterocycles. The van der Waals surface area contributed by atoms with Crippen LogP contribution in [0.5, 0.6) is 0 Å². The summed E-state index contributed by atoms with van der Waals surface area (Å²) in [4.78, 5) is 34.0. The van der Waals surface area contributed by atoms with Crippen LogP contribution in [0.4, 0.5) is 0 Å². The van der Waals surface area contributed by atoms with E-state index in [1.54, 1.807) is 34.4 Å². The number of alkyl halides is 3. The van der Waals surface area contributed by atoms with E-state index in [2.05, 4.69) is 163 Å². The standard InChI is InChI=1S/C17H36B2O3PSi.C15H32B2O5PSi.C14H22B2Cl3NO5P.C13H24B2O4P.C12H22B2O4PS.C10H20B2O4P.Ar/c1-10-11(2)14-16(23-19-18-20)12(3)15(13(4)21-14)22-24(8,9)17(5,6)7;1-8-9(2)11-13(23-17-16-20)10(18)12(14(19)21-11)22-24(6,7)15(3,4)5;1-5-6(2)9-11(26-16-15-22)7(3)10(23-8(4)21)12(24-9)25-13(20)14(17,18)19;1-6-7(2)11-13(20-15-14-17)8(3)12(9(4)18-11)19-10(5)16;1-5-6(2)9-11(19-14-13-16)7(3)10(12(20)18-9)17-8(4)15;1-4-5(2)8-9(17-12-11-15)6(3)7(13)10(14)16-8;/h11-16,23H,10H2,1-9H3;9-14,18-19,23H,8H2,1-7H3;6-7,9-12,20,26H,5H2,1-4H3;7-9,11-13,20H,6H2,1-5H3;6-7,9-12,19-20H,5H2,1-4H3;5-10,13-14,17H,4H2,1-3H3;/t11-,12+,13?,14?,15?,16-;9-,10+,11?,12?,13-,14?;6-,7+,9?,10?,11-,12?;7-,8+,9?,11?,12?,13-;6-,7+,9?,10?,11-,12?;5-,6+,7?,8?,9-,10?;/m000000./s1. The van der Waals surface area contributed by atoms with Gasteiger partial charge >= 0.3 is 834 Å². The molecule has 6 aliphatic rings. The van der Waals surface area contributed by atoms with Gasteiger partial charge in [0, 0.05) is 37.7 Å². The molecule has 0 aromatic carbocycles. The molecule has 5 N–H and O–H groups in total. The normalized spacial score (nSPS) is 34.1. The zero-order valence-corrected chi connectivity index (χ0v) is 96.1. The maximum absolute atomic E-state index is 11.6. The number of aliphatic hydroxyl groups excluding tert-OH is 4. The van der Waals surface area contributed by atoms with Crippen LogP contribution < -0.4 is 0 Å². The summed E-state index contributed by atoms with van der Waals surface area (Å²) >= 11 is 21.5. The molecule has 0 aromatic rings. The van der Waals surface area contributed by atoms with E-state index in [-0.39, 0.29) is 208 Å². The topological polar surface area (TPSA) is 369 Å². The van der Waals surface area contributed by atoms with Crippen LogP contribution in [0, 0.1) is 108 Å². The predicted molar refractivity (Wildman–Crippen MR) is 557 cm³/mol. The zero-order chi connectivity index (χ0) is 101. The summed E-state index contributed by atoms with van der Waals surface area (Å²) < 4.78 is 133. The molecule has 0 saturated carbocycles. The Morgan fingerprint density at radius 1 is 0.386 bits per heavy atom. The van der Waals surface area contributed by atoms with Crippen molar-refractivity contribution in [2.45, 2.75) is 422 Å². The molecule has 6 radical (unpaired) electrons. The van der Waals surface area contributed by atoms with E-state index in [9.17, 15) is 63.0 Å². The van der Waals surface area contributed by atoms with Crippen molar-refractivity contribution in [1.82, 2.24) is 0 Å². The Hall–Kier alpha value is 2.47. The van der Waals surface area contributed by atoms with Crippen LogP contribution in [0.1, 0.15) is 232 Å². The Bertz CT molecular complexity index is 3270. The third-order valence-corrected chi connectivity index (χ3v) is 46.6. The maximum atomic E-state index is 11.6. The summed E-state index contributed by atoms with van der Waals surface area (Å²) in [6.07, 6.45) is -1.58. The van der Waals surface area contributed by atoms with Gasteiger partial charge in [0.25, 0.3) is 0 Å². The molecule has 24 unspecified atom stereocenters. The first-order valence-corrected chi connectivity index (χ1v) is 60.9. The zero-order valence-electron chi connectivity index (χ0n) is 84.3. The number of hydrogen-bond acceptors (Lipinski definition) is 27. The number of rotatable bonds is 38. The van der Waals surface area contributed by atoms with Gasteiger partial charge in [-0.25, -0.2) is 0 Å². The monoisotopic (exact) mass is 2090 g/mol. The van der Waals surface area contributed by atoms with Gasteiger partial charge in [-0.3, -0.25) is 0 Å². The summed E-state index contributed by atoms with van der Waals surface area (Å²) in [5.41, 5.74) is 0.207. The molecule has 42 atom stereocenters. The van der Waals surface area contributed by atoms with Crippen LogP contribution in [-0.4, -0.2) is 298 Å². The summed E-state index contributed by atoms with van der Waals surface area (Å²) in [6, 6.07) is 0. The molecule has 6 rings (SSSR count). The average molecular weight is 2090 g/mol. The second-order valence-corrected chi connectivity index (χ2v) is 59.3. The molecule has 6 fully saturated rings. The Balaban J connectivity index is 0.00000157. The van der Waals surface area contributed by atoms with E-state index in [0.717, 1.165) is 80.8 Å². The van der Waals surface area contributed by atoms with E-state index < -0.39 is 81.0 Å². The van der Waals surface area contributed by atoms with Gasteiger partial charge < -0.3 is 0 Å². The molecule has 51 heteroatoms. The number of aliphatic hydroxyl groups is 4. The molecule has 6 saturated heterocycles. The van der Waals surface area contributed by atoms with Crippen molar-refractivity contribution in [2.24, 2.45) is 65.1 Å². The molecule has 744 valence electrons. The Morgan fingerprint density at radius 2 is 0.644 bits per heavy atom. The smallest absolute Gasteiger partial charge is 0 e. The molecule has 6 aliphatic heterocycles. The number of carbonyl (C=O) groups is 3. The molecular formula is C81H156ArB12Cl3NO25P6SSi2. The maximum Gasteiger partial charge on any atom is 0 e. The van der Waals surface area contributed by atoms with Crippen LogP contribution in [0.2, 0.25) is 36.3 Å². The first-order valence-electron chi connectivity index (χ1n) is 46.5. The average Bonchev–Trinajstić information content (AvgIpc) is 0.787. The molecule has 26 nitrogen and oxygen atoms in total. The third-order valence-electron chi connectivity index (χ3n) is 27.5. The Labute approximate surface area is 864 Å². The van der Waals surface area contributed by atoms with E-state index in [0.29, 0.717) is 69.1 Å². The summed E-state index contributed by atoms with van der Waals surface area (Å²) in [7, 11) is 2.81. The van der Waals surface area contributed by atoms with Crippen molar-refractivity contribution < 1.29 is 157 Å². The van der Waals surface area contributed by atoms with Gasteiger partial charge in [0.05, 0.1) is 0 Å². The van der Waals surface area contributed by atoms with Crippen molar-refractivity contribution in [3.63, 3.8) is 0 Å². The minimum Gasteiger partial charge on any atom is 0 e. The summed E-state index contributed by atoms with van der Waals surface area (Å²) in [5, 5.41) is 48.8. The molecule has 0 aliphatic carbocycles. The van der Waals surface area contributed by atoms with Gasteiger partial charge in [0.2, 0.25) is 0 Å². The Morgan fingerprint density at radius 3 is 0.970 bits per heavy atom. The first-order chi connectivity index (χ1) is 60.8. The van der Waals surface area contributed by atoms with Gasteiger partial charge in [0.15, 0.2) is 0 Å². The van der Waals surface area contributed by atoms with Crippen molar-refractivity contribution in [3.8, 4) is 0 Å². The van der Waals surface area contributed by atoms with E-state index in [1.807, 2.05) is 48.5 Å². The fourth-order valence-corrected chi connectivity index (χ4v) is 27.8. The quantitative estimate of drug-likeness (QED) is 0.00489. The molecule has 6 heterocycles. The summed E-state index contributed by atoms with van der Waals surface area (Å²) in [5.74, 6) is 0.675. The number of halogens is 3. The fourth-order valence-electron chi connectivity index (χ4n) is 16.2. The van der Waals surface area contributed by atoms with Gasteiger partial charge in [-0.05, 0) is 0 Å². The largest absolute Gasteiger partial charge is 0 e. The van der Waals surface area contributed by atoms with E-state index >= 15 is 0 Å². The minimum atomic E-state index is -2.17. The van der Waals surface area contributed by atoms with Gasteiger partial charge in [0.1, 0.15) is 0 Å². The van der Waals surface area contributed by atoms with Crippen LogP contribution in [0.3, 0.4) is 0 Å². The Kier molecular flexibility index (Phi) is 67.2. The van der Waals surface area contributed by atoms with Gasteiger partial charge in [-0.2, -0.15) is 0 Å². The fraction of sp³-hybridized carbons (Fsp3) is 0.951. The first kappa shape index (κ1) is 134. The van der Waals surface area contributed by atoms with Crippen LogP contribution in [-0.2, 0) is 98.8 Å². The molecule has 0 amide bonds. The number of esters is 3.